The van der Waals surface area contributed by atoms with Gasteiger partial charge in [0.05, 0.1) is 31.1 Å². The molecule has 0 bridgehead atoms. The molecule has 2 amide bonds. The molecule has 0 aliphatic carbocycles. The average molecular weight is 516 g/mol. The summed E-state index contributed by atoms with van der Waals surface area (Å²) in [6, 6.07) is 15.7. The summed E-state index contributed by atoms with van der Waals surface area (Å²) in [5.41, 5.74) is 3.04. The number of anilines is 1. The number of carbonyl (C=O) groups is 3. The highest BCUT2D eigenvalue weighted by Gasteiger charge is 2.17. The summed E-state index contributed by atoms with van der Waals surface area (Å²) in [5.74, 6) is -1.84. The van der Waals surface area contributed by atoms with E-state index < -0.39 is 17.8 Å². The Hall–Kier alpha value is -4.08. The quantitative estimate of drug-likeness (QED) is 0.159. The van der Waals surface area contributed by atoms with Gasteiger partial charge >= 0.3 is 17.8 Å². The third kappa shape index (κ3) is 6.72. The number of esters is 1. The molecular formula is C24H19Cl2N3O6. The number of para-hydroxylation sites is 1. The summed E-state index contributed by atoms with van der Waals surface area (Å²) < 4.78 is 15.9. The lowest BCUT2D eigenvalue weighted by atomic mass is 10.2. The predicted molar refractivity (Wildman–Crippen MR) is 132 cm³/mol. The van der Waals surface area contributed by atoms with Gasteiger partial charge in [-0.15, -0.1) is 0 Å². The number of hydrogen-bond donors (Lipinski definition) is 2. The lowest BCUT2D eigenvalue weighted by molar-refractivity contribution is -0.136. The van der Waals surface area contributed by atoms with Crippen molar-refractivity contribution < 1.29 is 28.6 Å². The summed E-state index contributed by atoms with van der Waals surface area (Å²) in [4.78, 5) is 36.6. The van der Waals surface area contributed by atoms with Gasteiger partial charge < -0.3 is 19.5 Å². The zero-order valence-electron chi connectivity index (χ0n) is 18.5. The van der Waals surface area contributed by atoms with E-state index >= 15 is 0 Å². The highest BCUT2D eigenvalue weighted by molar-refractivity contribution is 6.42. The number of nitrogens with zero attached hydrogens (tertiary/aromatic N) is 1. The van der Waals surface area contributed by atoms with E-state index in [1.807, 2.05) is 0 Å². The van der Waals surface area contributed by atoms with Crippen molar-refractivity contribution in [1.29, 1.82) is 0 Å². The van der Waals surface area contributed by atoms with Crippen LogP contribution < -0.4 is 25.0 Å². The van der Waals surface area contributed by atoms with Crippen LogP contribution in [0.15, 0.2) is 65.8 Å². The van der Waals surface area contributed by atoms with Crippen molar-refractivity contribution in [2.75, 3.05) is 19.5 Å². The molecule has 0 fully saturated rings. The van der Waals surface area contributed by atoms with E-state index in [1.54, 1.807) is 36.4 Å². The van der Waals surface area contributed by atoms with Crippen LogP contribution in [0.25, 0.3) is 0 Å². The smallest absolute Gasteiger partial charge is 0.347 e. The summed E-state index contributed by atoms with van der Waals surface area (Å²) >= 11 is 11.8. The Balaban J connectivity index is 1.64. The van der Waals surface area contributed by atoms with Crippen molar-refractivity contribution in [3.8, 4) is 17.2 Å². The van der Waals surface area contributed by atoms with Crippen LogP contribution in [0, 0.1) is 0 Å². The molecule has 35 heavy (non-hydrogen) atoms. The summed E-state index contributed by atoms with van der Waals surface area (Å²) in [7, 11) is 2.86. The van der Waals surface area contributed by atoms with E-state index in [2.05, 4.69) is 15.8 Å². The predicted octanol–water partition coefficient (Wildman–Crippen LogP) is 4.32. The maximum atomic E-state index is 12.5. The molecular weight excluding hydrogens is 497 g/mol. The normalized spacial score (nSPS) is 10.5. The summed E-state index contributed by atoms with van der Waals surface area (Å²) in [6.45, 7) is 0. The molecule has 0 saturated heterocycles. The largest absolute Gasteiger partial charge is 0.496 e. The second-order valence-electron chi connectivity index (χ2n) is 6.78. The van der Waals surface area contributed by atoms with Crippen LogP contribution in [0.1, 0.15) is 15.9 Å². The first kappa shape index (κ1) is 25.5. The Bertz CT molecular complexity index is 1300. The number of hydrogen-bond acceptors (Lipinski definition) is 7. The molecule has 9 nitrogen and oxygen atoms in total. The Morgan fingerprint density at radius 3 is 2.34 bits per heavy atom. The number of ether oxygens (including phenoxy) is 3. The fraction of sp³-hybridized carbons (Fsp3) is 0.0833. The molecule has 0 atom stereocenters. The first-order valence-corrected chi connectivity index (χ1v) is 10.7. The summed E-state index contributed by atoms with van der Waals surface area (Å²) in [6.07, 6.45) is 1.28. The Labute approximate surface area is 210 Å². The third-order valence-corrected chi connectivity index (χ3v) is 5.04. The molecule has 0 aromatic heterocycles. The molecule has 11 heteroatoms. The van der Waals surface area contributed by atoms with Gasteiger partial charge in [-0.25, -0.2) is 10.2 Å². The zero-order chi connectivity index (χ0) is 25.4. The van der Waals surface area contributed by atoms with E-state index in [1.165, 1.54) is 44.7 Å². The fourth-order valence-corrected chi connectivity index (χ4v) is 3.14. The van der Waals surface area contributed by atoms with Gasteiger partial charge in [0.25, 0.3) is 0 Å². The van der Waals surface area contributed by atoms with Crippen LogP contribution in [-0.4, -0.2) is 38.2 Å². The minimum atomic E-state index is -1.02. The monoisotopic (exact) mass is 515 g/mol. The second-order valence-corrected chi connectivity index (χ2v) is 7.62. The van der Waals surface area contributed by atoms with E-state index in [0.29, 0.717) is 16.3 Å². The molecule has 3 aromatic rings. The topological polar surface area (TPSA) is 115 Å². The number of nitrogens with one attached hydrogen (secondary N) is 2. The first-order valence-electron chi connectivity index (χ1n) is 9.95. The van der Waals surface area contributed by atoms with Gasteiger partial charge in [0.1, 0.15) is 11.3 Å². The Morgan fingerprint density at radius 1 is 0.857 bits per heavy atom. The van der Waals surface area contributed by atoms with Crippen molar-refractivity contribution in [3.05, 3.63) is 81.8 Å². The summed E-state index contributed by atoms with van der Waals surface area (Å²) in [5, 5.41) is 6.66. The Kier molecular flexibility index (Phi) is 8.66. The maximum Gasteiger partial charge on any atom is 0.347 e. The van der Waals surface area contributed by atoms with E-state index in [9.17, 15) is 14.4 Å². The molecule has 0 spiro atoms. The van der Waals surface area contributed by atoms with Crippen molar-refractivity contribution in [1.82, 2.24) is 5.43 Å². The van der Waals surface area contributed by atoms with Gasteiger partial charge in [0, 0.05) is 5.02 Å². The Morgan fingerprint density at radius 2 is 1.60 bits per heavy atom. The molecule has 0 saturated carbocycles. The third-order valence-electron chi connectivity index (χ3n) is 4.48. The first-order chi connectivity index (χ1) is 16.8. The van der Waals surface area contributed by atoms with Crippen LogP contribution >= 0.6 is 23.2 Å². The SMILES string of the molecule is COc1cc(/C=N/NC(=O)C(=O)Nc2cc(Cl)ccc2Cl)ccc1OC(=O)c1ccccc1OC. The molecule has 0 radical (unpaired) electrons. The average Bonchev–Trinajstić information content (AvgIpc) is 2.86. The number of halogens is 2. The molecule has 3 aromatic carbocycles. The van der Waals surface area contributed by atoms with Gasteiger partial charge in [0.2, 0.25) is 0 Å². The van der Waals surface area contributed by atoms with E-state index in [4.69, 9.17) is 37.4 Å². The van der Waals surface area contributed by atoms with E-state index in [-0.39, 0.29) is 27.8 Å². The van der Waals surface area contributed by atoms with Crippen LogP contribution in [0.4, 0.5) is 5.69 Å². The van der Waals surface area contributed by atoms with Crippen molar-refractivity contribution in [2.45, 2.75) is 0 Å². The molecule has 0 aliphatic rings. The van der Waals surface area contributed by atoms with Gasteiger partial charge in [-0.1, -0.05) is 35.3 Å². The highest BCUT2D eigenvalue weighted by atomic mass is 35.5. The van der Waals surface area contributed by atoms with Crippen molar-refractivity contribution in [2.24, 2.45) is 5.10 Å². The highest BCUT2D eigenvalue weighted by Crippen LogP contribution is 2.29. The van der Waals surface area contributed by atoms with Gasteiger partial charge in [-0.3, -0.25) is 9.59 Å². The lowest BCUT2D eigenvalue weighted by Gasteiger charge is -2.11. The minimum absolute atomic E-state index is 0.169. The lowest BCUT2D eigenvalue weighted by Crippen LogP contribution is -2.32. The molecule has 3 rings (SSSR count). The molecule has 0 aliphatic heterocycles. The molecule has 180 valence electrons. The van der Waals surface area contributed by atoms with Crippen LogP contribution in [0.2, 0.25) is 10.0 Å². The second kappa shape index (κ2) is 11.9. The van der Waals surface area contributed by atoms with Crippen LogP contribution in [-0.2, 0) is 9.59 Å². The number of carbonyl (C=O) groups excluding carboxylic acids is 3. The number of hydrazone groups is 1. The van der Waals surface area contributed by atoms with Gasteiger partial charge in [-0.05, 0) is 54.1 Å². The van der Waals surface area contributed by atoms with Crippen LogP contribution in [0.5, 0.6) is 17.2 Å². The van der Waals surface area contributed by atoms with Gasteiger partial charge in [0.15, 0.2) is 11.5 Å². The van der Waals surface area contributed by atoms with Crippen LogP contribution in [0.3, 0.4) is 0 Å². The minimum Gasteiger partial charge on any atom is -0.496 e. The molecule has 0 unspecified atom stereocenters. The zero-order valence-corrected chi connectivity index (χ0v) is 20.0. The number of rotatable bonds is 7. The van der Waals surface area contributed by atoms with Gasteiger partial charge in [-0.2, -0.15) is 5.10 Å². The van der Waals surface area contributed by atoms with E-state index in [0.717, 1.165) is 0 Å². The number of methoxy groups -OCH3 is 2. The van der Waals surface area contributed by atoms with Crippen molar-refractivity contribution in [3.63, 3.8) is 0 Å². The molecule has 0 heterocycles. The van der Waals surface area contributed by atoms with Crippen molar-refractivity contribution >= 4 is 52.9 Å². The number of amides is 2. The maximum absolute atomic E-state index is 12.5. The number of benzene rings is 3. The fourth-order valence-electron chi connectivity index (χ4n) is 2.81. The standard InChI is InChI=1S/C24H19Cl2N3O6/c1-33-19-6-4-3-5-16(19)24(32)35-20-10-7-14(11-21(20)34-2)13-27-29-23(31)22(30)28-18-12-15(25)8-9-17(18)26/h3-13H,1-2H3,(H,28,30)(H,29,31)/b27-13+. The molecule has 2 N–H and O–H groups in total.